The van der Waals surface area contributed by atoms with Crippen molar-refractivity contribution < 1.29 is 14.4 Å². The van der Waals surface area contributed by atoms with Crippen LogP contribution in [-0.2, 0) is 42.6 Å². The molecule has 0 aromatic carbocycles. The number of halogens is 3. The third-order valence-electron chi connectivity index (χ3n) is 25.1. The molecule has 4 saturated carbocycles. The van der Waals surface area contributed by atoms with Gasteiger partial charge in [0.05, 0.1) is 66.1 Å². The number of aryl methyl sites for hydroxylation is 5. The van der Waals surface area contributed by atoms with Crippen LogP contribution in [0, 0.1) is 41.4 Å². The number of amides is 3. The van der Waals surface area contributed by atoms with Crippen molar-refractivity contribution in [1.82, 2.24) is 99.0 Å². The van der Waals surface area contributed by atoms with Gasteiger partial charge in [-0.15, -0.1) is 0 Å². The van der Waals surface area contributed by atoms with Gasteiger partial charge in [0.25, 0.3) is 0 Å². The smallest absolute Gasteiger partial charge is 0.229 e. The number of carbonyl (C=O) groups excluding carboxylic acids is 3. The molecule has 614 valence electrons. The first kappa shape index (κ1) is 82.8. The van der Waals surface area contributed by atoms with E-state index >= 15 is 0 Å². The molecule has 4 aliphatic carbocycles. The molecule has 16 rings (SSSR count). The van der Waals surface area contributed by atoms with Crippen LogP contribution in [0.4, 0.5) is 69.8 Å². The van der Waals surface area contributed by atoms with Gasteiger partial charge in [0.1, 0.15) is 20.9 Å². The van der Waals surface area contributed by atoms with Crippen LogP contribution in [-0.4, -0.2) is 202 Å². The summed E-state index contributed by atoms with van der Waals surface area (Å²) in [6, 6.07) is 1.61. The largest absolute Gasteiger partial charge is 0.366 e. The quantitative estimate of drug-likeness (QED) is 0.0395. The summed E-state index contributed by atoms with van der Waals surface area (Å²) in [7, 11) is 11.7. The standard InChI is InChI=1S/C23H35N7O.C22H32ClN7O.C19H26ClN7O.C16H22ClN7/c1-5-20(31)30-12-10-23(11-13-30)8-6-19(7-9-23)29(4)21-17(2)14-24-22(27-21)26-18-15-25-28(3)16-18;1-4-19(31)30-11-9-22(10-12-30)7-5-17(6-8-22)29(3)20-18(23)14-24-21(27-20)26-16-13-25-28(2)15-16;1-3-17(28)27-9-12-4-5-14(6-13(12)10-27)23-18-16(20)8-21-19(25-18)24-15-7-22-26(2)11-15;1-24-9-13(7-20-24)22-16-19-8-14(17)15(23-16)21-12-3-2-10-5-18-6-11(10)4-12/h14-16,19H,5-13H2,1-4H3,(H,24,26,27);13-15,17H,4-12H2,1-3H3,(H,24,26,27);7-8,11-14H,3-6,9-10H2,1-2H3,(H2,21,23,24,25);7-12,18H,2-6H2,1H3,(H2,19,21,22,23). The number of aromatic nitrogens is 16. The van der Waals surface area contributed by atoms with E-state index < -0.39 is 0 Å². The minimum Gasteiger partial charge on any atom is -0.366 e. The summed E-state index contributed by atoms with van der Waals surface area (Å²) >= 11 is 19.1. The van der Waals surface area contributed by atoms with Crippen LogP contribution in [0.3, 0.4) is 0 Å². The van der Waals surface area contributed by atoms with Gasteiger partial charge in [0, 0.05) is 162 Å². The number of nitrogens with zero attached hydrogens (tertiary/aromatic N) is 21. The monoisotopic (exact) mass is 1620 g/mol. The highest BCUT2D eigenvalue weighted by molar-refractivity contribution is 6.33. The number of hydrogen-bond donors (Lipinski definition) is 7. The molecule has 3 amide bonds. The Hall–Kier alpha value is -9.20. The van der Waals surface area contributed by atoms with Crippen molar-refractivity contribution >= 4 is 122 Å². The van der Waals surface area contributed by atoms with E-state index in [9.17, 15) is 14.4 Å². The average Bonchev–Trinajstić information content (AvgIpc) is 1.24. The summed E-state index contributed by atoms with van der Waals surface area (Å²) in [5, 5.41) is 41.5. The zero-order chi connectivity index (χ0) is 80.2. The van der Waals surface area contributed by atoms with E-state index in [0.717, 1.165) is 162 Å². The number of piperidine rings is 2. The van der Waals surface area contributed by atoms with Gasteiger partial charge < -0.3 is 61.7 Å². The van der Waals surface area contributed by atoms with E-state index in [-0.39, 0.29) is 11.8 Å². The van der Waals surface area contributed by atoms with Gasteiger partial charge >= 0.3 is 0 Å². The van der Waals surface area contributed by atoms with Crippen molar-refractivity contribution in [3.05, 3.63) is 95.0 Å². The summed E-state index contributed by atoms with van der Waals surface area (Å²) < 4.78 is 6.92. The third kappa shape index (κ3) is 21.1. The Bertz CT molecular complexity index is 4360. The molecule has 114 heavy (non-hydrogen) atoms. The Morgan fingerprint density at radius 3 is 1.22 bits per heavy atom. The average molecular weight is 1620 g/mol. The maximum atomic E-state index is 12.0. The van der Waals surface area contributed by atoms with Crippen molar-refractivity contribution in [2.75, 3.05) is 108 Å². The van der Waals surface area contributed by atoms with E-state index in [1.54, 1.807) is 62.1 Å². The van der Waals surface area contributed by atoms with E-state index in [0.29, 0.717) is 122 Å². The molecule has 31 nitrogen and oxygen atoms in total. The van der Waals surface area contributed by atoms with Gasteiger partial charge in [-0.2, -0.15) is 40.3 Å². The minimum atomic E-state index is 0.267. The fraction of sp³-hybridized carbons (Fsp3) is 0.613. The van der Waals surface area contributed by atoms with Crippen LogP contribution < -0.4 is 47.0 Å². The molecule has 0 bridgehead atoms. The second-order valence-electron chi connectivity index (χ2n) is 32.8. The molecule has 8 aromatic rings. The second-order valence-corrected chi connectivity index (χ2v) is 34.0. The lowest BCUT2D eigenvalue weighted by Gasteiger charge is -2.47. The lowest BCUT2D eigenvalue weighted by atomic mass is 9.66. The van der Waals surface area contributed by atoms with E-state index in [2.05, 4.69) is 128 Å². The number of nitrogens with one attached hydrogen (secondary N) is 7. The van der Waals surface area contributed by atoms with Crippen LogP contribution >= 0.6 is 34.8 Å². The van der Waals surface area contributed by atoms with Crippen LogP contribution in [0.2, 0.25) is 15.1 Å². The Kier molecular flexibility index (Phi) is 27.3. The molecule has 4 aliphatic heterocycles. The zero-order valence-corrected chi connectivity index (χ0v) is 70.1. The third-order valence-corrected chi connectivity index (χ3v) is 25.9. The number of hydrogen-bond acceptors (Lipinski definition) is 24. The summed E-state index contributed by atoms with van der Waals surface area (Å²) in [6.07, 6.45) is 43.9. The molecule has 6 atom stereocenters. The first-order chi connectivity index (χ1) is 55.0. The molecule has 0 radical (unpaired) electrons. The highest BCUT2D eigenvalue weighted by Crippen LogP contribution is 2.49. The van der Waals surface area contributed by atoms with Crippen molar-refractivity contribution in [2.24, 2.45) is 62.7 Å². The Morgan fingerprint density at radius 1 is 0.439 bits per heavy atom. The topological polar surface area (TPSA) is 326 Å². The van der Waals surface area contributed by atoms with Crippen molar-refractivity contribution in [3.8, 4) is 0 Å². The number of rotatable bonds is 19. The van der Waals surface area contributed by atoms with Crippen LogP contribution in [0.5, 0.6) is 0 Å². The SMILES string of the molecule is CCC(=O)N1CC2CCC(Nc3nc(Nc4cnn(C)c4)ncc3Cl)CC2C1.CCC(=O)N1CCC2(CCC(N(C)c3nc(Nc4cnn(C)c4)ncc3C)CC2)CC1.CCC(=O)N1CCC2(CCC(N(C)c3nc(Nc4cnn(C)c4)ncc3Cl)CC2)CC1.Cn1cc(Nc2ncc(Cl)c(NC3CCC4CNCC4C3)n2)cn1. The number of anilines is 12. The molecule has 8 fully saturated rings. The van der Waals surface area contributed by atoms with E-state index in [1.165, 1.54) is 57.9 Å². The molecular formula is C80H115Cl3N28O3. The molecule has 6 unspecified atom stereocenters. The summed E-state index contributed by atoms with van der Waals surface area (Å²) in [6.45, 7) is 15.7. The first-order valence-corrected chi connectivity index (χ1v) is 42.1. The predicted octanol–water partition coefficient (Wildman–Crippen LogP) is 13.1. The van der Waals surface area contributed by atoms with Crippen LogP contribution in [0.25, 0.3) is 0 Å². The summed E-state index contributed by atoms with van der Waals surface area (Å²) in [4.78, 5) is 82.6. The fourth-order valence-corrected chi connectivity index (χ4v) is 18.8. The van der Waals surface area contributed by atoms with Crippen LogP contribution in [0.15, 0.2) is 74.4 Å². The predicted molar refractivity (Wildman–Crippen MR) is 448 cm³/mol. The highest BCUT2D eigenvalue weighted by Gasteiger charge is 2.43. The summed E-state index contributed by atoms with van der Waals surface area (Å²) in [5.74, 6) is 8.85. The molecule has 34 heteroatoms. The van der Waals surface area contributed by atoms with Crippen molar-refractivity contribution in [2.45, 2.75) is 187 Å². The molecule has 2 spiro atoms. The van der Waals surface area contributed by atoms with Gasteiger partial charge in [-0.05, 0) is 170 Å². The molecule has 4 saturated heterocycles. The molecular weight excluding hydrogens is 1510 g/mol. The van der Waals surface area contributed by atoms with Gasteiger partial charge in [-0.1, -0.05) is 55.6 Å². The minimum absolute atomic E-state index is 0.267. The Labute approximate surface area is 684 Å². The molecule has 8 aromatic heterocycles. The Morgan fingerprint density at radius 2 is 0.798 bits per heavy atom. The van der Waals surface area contributed by atoms with Gasteiger partial charge in [-0.3, -0.25) is 33.1 Å². The number of likely N-dealkylation sites (tertiary alicyclic amines) is 3. The lowest BCUT2D eigenvalue weighted by molar-refractivity contribution is -0.134. The number of carbonyl (C=O) groups is 3. The van der Waals surface area contributed by atoms with Gasteiger partial charge in [0.15, 0.2) is 17.5 Å². The second kappa shape index (κ2) is 37.6. The van der Waals surface area contributed by atoms with E-state index in [4.69, 9.17) is 39.8 Å². The maximum Gasteiger partial charge on any atom is 0.229 e. The summed E-state index contributed by atoms with van der Waals surface area (Å²) in [5.41, 5.74) is 5.30. The number of fused-ring (bicyclic) bond motifs is 2. The zero-order valence-electron chi connectivity index (χ0n) is 67.8. The highest BCUT2D eigenvalue weighted by atomic mass is 35.5. The van der Waals surface area contributed by atoms with Gasteiger partial charge in [0.2, 0.25) is 41.5 Å². The lowest BCUT2D eigenvalue weighted by Crippen LogP contribution is -2.46. The van der Waals surface area contributed by atoms with Crippen LogP contribution in [0.1, 0.15) is 161 Å². The molecule has 8 aliphatic rings. The molecule has 7 N–H and O–H groups in total. The van der Waals surface area contributed by atoms with Gasteiger partial charge in [-0.25, -0.2) is 19.9 Å². The normalized spacial score (nSPS) is 21.7. The maximum absolute atomic E-state index is 12.0. The van der Waals surface area contributed by atoms with Crippen molar-refractivity contribution in [3.63, 3.8) is 0 Å². The van der Waals surface area contributed by atoms with E-state index in [1.807, 2.05) is 89.7 Å². The fourth-order valence-electron chi connectivity index (χ4n) is 18.3. The first-order valence-electron chi connectivity index (χ1n) is 40.9. The Balaban J connectivity index is 0.000000133. The van der Waals surface area contributed by atoms with Crippen molar-refractivity contribution in [1.29, 1.82) is 0 Å². The molecule has 12 heterocycles.